The molecule has 0 spiro atoms. The smallest absolute Gasteiger partial charge is 0.0894 e. The van der Waals surface area contributed by atoms with E-state index in [-0.39, 0.29) is 20.8 Å². The summed E-state index contributed by atoms with van der Waals surface area (Å²) in [5.74, 6) is 0. The summed E-state index contributed by atoms with van der Waals surface area (Å²) in [6.45, 7) is 3.13. The van der Waals surface area contributed by atoms with E-state index in [0.717, 1.165) is 19.3 Å². The second-order valence-corrected chi connectivity index (χ2v) is 1.66. The molecule has 12 heavy (non-hydrogen) atoms. The van der Waals surface area contributed by atoms with Crippen LogP contribution in [0, 0.1) is 0 Å². The van der Waals surface area contributed by atoms with Crippen molar-refractivity contribution < 1.29 is 13.2 Å². The minimum Gasteiger partial charge on any atom is -0.255 e. The molecule has 0 unspecified atom stereocenters. The summed E-state index contributed by atoms with van der Waals surface area (Å²) in [5.41, 5.74) is 0. The first kappa shape index (κ1) is 22.6. The lowest BCUT2D eigenvalue weighted by atomic mass is 10.3. The summed E-state index contributed by atoms with van der Waals surface area (Å²) in [6, 6.07) is 0. The predicted molar refractivity (Wildman–Crippen MR) is 50.9 cm³/mol. The van der Waals surface area contributed by atoms with Crippen LogP contribution in [0.25, 0.3) is 0 Å². The highest BCUT2D eigenvalue weighted by Crippen LogP contribution is 1.91. The molecule has 0 atom stereocenters. The molecule has 0 N–H and O–H groups in total. The number of halogens is 3. The fraction of sp³-hybridized carbons (Fsp3) is 1.00. The molecule has 0 nitrogen and oxygen atoms in total. The zero-order valence-electron chi connectivity index (χ0n) is 7.67. The highest BCUT2D eigenvalue weighted by Gasteiger charge is 1.78. The summed E-state index contributed by atoms with van der Waals surface area (Å²) in [6.07, 6.45) is 2.90. The van der Waals surface area contributed by atoms with Crippen LogP contribution >= 0.6 is 0 Å². The molecule has 0 bridgehead atoms. The maximum Gasteiger partial charge on any atom is 0.0894 e. The van der Waals surface area contributed by atoms with Gasteiger partial charge in [0.05, 0.1) is 20.5 Å². The lowest BCUT2D eigenvalue weighted by Crippen LogP contribution is -1.72. The minimum atomic E-state index is -0.250. The third kappa shape index (κ3) is 97.2. The van der Waals surface area contributed by atoms with Crippen LogP contribution in [0.15, 0.2) is 0 Å². The SMILES string of the molecule is C.CCCCCF.CCF.CF. The number of hydrogen-bond donors (Lipinski definition) is 0. The lowest BCUT2D eigenvalue weighted by molar-refractivity contribution is 0.460. The molecule has 3 heteroatoms. The Hall–Kier alpha value is -0.210. The maximum atomic E-state index is 11.2. The van der Waals surface area contributed by atoms with E-state index in [1.54, 1.807) is 0 Å². The summed E-state index contributed by atoms with van der Waals surface area (Å²) in [4.78, 5) is 0. The fourth-order valence-electron chi connectivity index (χ4n) is 0.344. The zero-order valence-corrected chi connectivity index (χ0v) is 7.67. The van der Waals surface area contributed by atoms with Gasteiger partial charge in [0.25, 0.3) is 0 Å². The standard InChI is InChI=1S/C5H11F.C2H5F.CH3F.CH4/c1-2-3-4-5-6;1-2-3;1-2;/h2-5H2,1H3;2H2,1H3;1H3;1H4. The zero-order chi connectivity index (χ0) is 9.54. The van der Waals surface area contributed by atoms with E-state index in [9.17, 15) is 13.2 Å². The molecule has 0 aliphatic heterocycles. The average molecular weight is 188 g/mol. The molecule has 80 valence electrons. The molecule has 0 aliphatic carbocycles. The molecule has 0 fully saturated rings. The second-order valence-electron chi connectivity index (χ2n) is 1.66. The van der Waals surface area contributed by atoms with E-state index in [4.69, 9.17) is 0 Å². The van der Waals surface area contributed by atoms with E-state index in [1.807, 2.05) is 0 Å². The van der Waals surface area contributed by atoms with E-state index >= 15 is 0 Å². The van der Waals surface area contributed by atoms with Crippen LogP contribution < -0.4 is 0 Å². The molecule has 0 amide bonds. The van der Waals surface area contributed by atoms with Crippen molar-refractivity contribution in [1.82, 2.24) is 0 Å². The van der Waals surface area contributed by atoms with Crippen molar-refractivity contribution in [3.05, 3.63) is 0 Å². The topological polar surface area (TPSA) is 0 Å². The van der Waals surface area contributed by atoms with Crippen LogP contribution in [0.4, 0.5) is 13.2 Å². The van der Waals surface area contributed by atoms with Crippen molar-refractivity contribution in [2.45, 2.75) is 40.5 Å². The van der Waals surface area contributed by atoms with Crippen molar-refractivity contribution in [2.24, 2.45) is 0 Å². The predicted octanol–water partition coefficient (Wildman–Crippen LogP) is 4.34. The highest BCUT2D eigenvalue weighted by molar-refractivity contribution is 4.31. The summed E-state index contributed by atoms with van der Waals surface area (Å²) < 4.78 is 31.0. The number of unbranched alkanes of at least 4 members (excludes halogenated alkanes) is 2. The van der Waals surface area contributed by atoms with Gasteiger partial charge in [-0.15, -0.1) is 0 Å². The van der Waals surface area contributed by atoms with Crippen molar-refractivity contribution in [1.29, 1.82) is 0 Å². The van der Waals surface area contributed by atoms with E-state index < -0.39 is 0 Å². The summed E-state index contributed by atoms with van der Waals surface area (Å²) >= 11 is 0. The van der Waals surface area contributed by atoms with Gasteiger partial charge in [-0.1, -0.05) is 27.2 Å². The lowest BCUT2D eigenvalue weighted by Gasteiger charge is -1.84. The summed E-state index contributed by atoms with van der Waals surface area (Å²) in [5, 5.41) is 0. The fourth-order valence-corrected chi connectivity index (χ4v) is 0.344. The van der Waals surface area contributed by atoms with E-state index in [0.29, 0.717) is 7.18 Å². The second kappa shape index (κ2) is 45.1. The average Bonchev–Trinajstić information content (AvgIpc) is 2.06. The Bertz CT molecular complexity index is 29.0. The number of hydrogen-bond acceptors (Lipinski definition) is 0. The molecule has 0 saturated heterocycles. The van der Waals surface area contributed by atoms with Gasteiger partial charge in [0, 0.05) is 0 Å². The van der Waals surface area contributed by atoms with Gasteiger partial charge in [0.2, 0.25) is 0 Å². The molecule has 0 aromatic carbocycles. The molecular formula is C9H23F3. The third-order valence-corrected chi connectivity index (χ3v) is 0.737. The quantitative estimate of drug-likeness (QED) is 0.578. The number of alkyl halides is 3. The number of rotatable bonds is 3. The van der Waals surface area contributed by atoms with Gasteiger partial charge in [0.1, 0.15) is 0 Å². The first-order valence-corrected chi connectivity index (χ1v) is 3.83. The molecule has 0 heterocycles. The summed E-state index contributed by atoms with van der Waals surface area (Å²) in [7, 11) is 0.500. The van der Waals surface area contributed by atoms with Crippen molar-refractivity contribution >= 4 is 0 Å². The van der Waals surface area contributed by atoms with Crippen LogP contribution in [0.1, 0.15) is 40.5 Å². The Labute approximate surface area is 75.2 Å². The van der Waals surface area contributed by atoms with Crippen LogP contribution in [-0.2, 0) is 0 Å². The molecule has 0 rings (SSSR count). The Morgan fingerprint density at radius 3 is 1.33 bits per heavy atom. The van der Waals surface area contributed by atoms with E-state index in [2.05, 4.69) is 6.92 Å². The Morgan fingerprint density at radius 1 is 0.917 bits per heavy atom. The van der Waals surface area contributed by atoms with Gasteiger partial charge >= 0.3 is 0 Å². The molecular weight excluding hydrogens is 165 g/mol. The van der Waals surface area contributed by atoms with Crippen molar-refractivity contribution in [3.63, 3.8) is 0 Å². The highest BCUT2D eigenvalue weighted by atomic mass is 19.1. The molecule has 0 aromatic heterocycles. The van der Waals surface area contributed by atoms with Crippen LogP contribution in [0.5, 0.6) is 0 Å². The first-order chi connectivity index (χ1) is 5.33. The monoisotopic (exact) mass is 188 g/mol. The molecule has 0 aliphatic rings. The van der Waals surface area contributed by atoms with Crippen LogP contribution in [-0.4, -0.2) is 20.5 Å². The maximum absolute atomic E-state index is 11.2. The van der Waals surface area contributed by atoms with Crippen molar-refractivity contribution in [2.75, 3.05) is 20.5 Å². The molecule has 0 aromatic rings. The van der Waals surface area contributed by atoms with Crippen molar-refractivity contribution in [3.8, 4) is 0 Å². The van der Waals surface area contributed by atoms with Gasteiger partial charge < -0.3 is 0 Å². The normalized spacial score (nSPS) is 6.50. The largest absolute Gasteiger partial charge is 0.255 e. The minimum absolute atomic E-state index is 0. The first-order valence-electron chi connectivity index (χ1n) is 3.83. The molecule has 0 radical (unpaired) electrons. The van der Waals surface area contributed by atoms with Gasteiger partial charge in [-0.3, -0.25) is 13.2 Å². The van der Waals surface area contributed by atoms with Gasteiger partial charge in [0.15, 0.2) is 0 Å². The van der Waals surface area contributed by atoms with Gasteiger partial charge in [-0.05, 0) is 13.3 Å². The third-order valence-electron chi connectivity index (χ3n) is 0.737. The Balaban J connectivity index is -0.0000000462. The Kier molecular flexibility index (Phi) is 85.0. The molecule has 0 saturated carbocycles. The van der Waals surface area contributed by atoms with Gasteiger partial charge in [-0.2, -0.15) is 0 Å². The Morgan fingerprint density at radius 2 is 1.25 bits per heavy atom. The van der Waals surface area contributed by atoms with Crippen LogP contribution in [0.3, 0.4) is 0 Å². The van der Waals surface area contributed by atoms with Gasteiger partial charge in [-0.25, -0.2) is 0 Å². The van der Waals surface area contributed by atoms with E-state index in [1.165, 1.54) is 6.92 Å². The van der Waals surface area contributed by atoms with Crippen LogP contribution in [0.2, 0.25) is 0 Å².